The third kappa shape index (κ3) is 4.67. The first-order valence-electron chi connectivity index (χ1n) is 6.85. The largest absolute Gasteiger partial charge is 0.348 e. The van der Waals surface area contributed by atoms with Gasteiger partial charge in [0.05, 0.1) is 0 Å². The number of hydrogen-bond acceptors (Lipinski definition) is 3. The standard InChI is InChI=1S/C14H20N2O2S/c17-13(15-8-6-11-7-9-19-10-11)14(18)16-12-4-2-1-3-5-12/h7,9-10,12H,1-6,8H2,(H,15,17)(H,16,18). The van der Waals surface area contributed by atoms with Gasteiger partial charge in [-0.2, -0.15) is 11.3 Å². The molecule has 2 amide bonds. The Morgan fingerprint density at radius 1 is 1.21 bits per heavy atom. The zero-order chi connectivity index (χ0) is 13.5. The Morgan fingerprint density at radius 3 is 2.68 bits per heavy atom. The molecule has 0 unspecified atom stereocenters. The molecule has 1 aliphatic carbocycles. The van der Waals surface area contributed by atoms with Crippen LogP contribution in [0.3, 0.4) is 0 Å². The smallest absolute Gasteiger partial charge is 0.309 e. The highest BCUT2D eigenvalue weighted by Crippen LogP contribution is 2.17. The van der Waals surface area contributed by atoms with E-state index in [1.165, 1.54) is 12.0 Å². The molecule has 1 aromatic heterocycles. The predicted molar refractivity (Wildman–Crippen MR) is 76.0 cm³/mol. The van der Waals surface area contributed by atoms with E-state index in [9.17, 15) is 9.59 Å². The van der Waals surface area contributed by atoms with Gasteiger partial charge in [0.1, 0.15) is 0 Å². The second-order valence-electron chi connectivity index (χ2n) is 4.95. The first-order valence-corrected chi connectivity index (χ1v) is 7.80. The van der Waals surface area contributed by atoms with Gasteiger partial charge < -0.3 is 10.6 Å². The highest BCUT2D eigenvalue weighted by Gasteiger charge is 2.19. The van der Waals surface area contributed by atoms with E-state index in [0.29, 0.717) is 6.54 Å². The van der Waals surface area contributed by atoms with Crippen molar-refractivity contribution >= 4 is 23.2 Å². The fourth-order valence-corrected chi connectivity index (χ4v) is 3.04. The highest BCUT2D eigenvalue weighted by molar-refractivity contribution is 7.07. The van der Waals surface area contributed by atoms with Crippen LogP contribution >= 0.6 is 11.3 Å². The van der Waals surface area contributed by atoms with Crippen LogP contribution in [0.25, 0.3) is 0 Å². The van der Waals surface area contributed by atoms with Crippen molar-refractivity contribution in [2.24, 2.45) is 0 Å². The molecule has 1 aliphatic rings. The molecule has 2 N–H and O–H groups in total. The molecule has 104 valence electrons. The number of hydrogen-bond donors (Lipinski definition) is 2. The van der Waals surface area contributed by atoms with Gasteiger partial charge in [-0.25, -0.2) is 0 Å². The summed E-state index contributed by atoms with van der Waals surface area (Å²) >= 11 is 1.64. The van der Waals surface area contributed by atoms with Crippen LogP contribution < -0.4 is 10.6 Å². The molecule has 4 nitrogen and oxygen atoms in total. The van der Waals surface area contributed by atoms with Gasteiger partial charge in [-0.05, 0) is 41.7 Å². The van der Waals surface area contributed by atoms with Crippen molar-refractivity contribution in [1.29, 1.82) is 0 Å². The average molecular weight is 280 g/mol. The molecule has 1 fully saturated rings. The molecule has 5 heteroatoms. The summed E-state index contributed by atoms with van der Waals surface area (Å²) < 4.78 is 0. The van der Waals surface area contributed by atoms with Crippen LogP contribution in [0.5, 0.6) is 0 Å². The Kier molecular flexibility index (Phi) is 5.39. The number of carbonyl (C=O) groups excluding carboxylic acids is 2. The van der Waals surface area contributed by atoms with Crippen molar-refractivity contribution in [2.45, 2.75) is 44.6 Å². The lowest BCUT2D eigenvalue weighted by atomic mass is 9.95. The lowest BCUT2D eigenvalue weighted by Crippen LogP contribution is -2.45. The molecule has 0 radical (unpaired) electrons. The summed E-state index contributed by atoms with van der Waals surface area (Å²) in [5.74, 6) is -1.00. The van der Waals surface area contributed by atoms with E-state index in [2.05, 4.69) is 10.6 Å². The van der Waals surface area contributed by atoms with Crippen LogP contribution in [0.2, 0.25) is 0 Å². The van der Waals surface area contributed by atoms with Gasteiger partial charge in [-0.1, -0.05) is 19.3 Å². The third-order valence-corrected chi connectivity index (χ3v) is 4.16. The van der Waals surface area contributed by atoms with E-state index in [1.807, 2.05) is 16.8 Å². The zero-order valence-corrected chi connectivity index (χ0v) is 11.8. The SMILES string of the molecule is O=C(NCCc1ccsc1)C(=O)NC1CCCCC1. The van der Waals surface area contributed by atoms with E-state index in [4.69, 9.17) is 0 Å². The maximum absolute atomic E-state index is 11.7. The molecule has 0 aromatic carbocycles. The first-order chi connectivity index (χ1) is 9.25. The molecule has 2 rings (SSSR count). The molecule has 1 saturated carbocycles. The fourth-order valence-electron chi connectivity index (χ4n) is 2.33. The van der Waals surface area contributed by atoms with Gasteiger partial charge >= 0.3 is 11.8 Å². The Morgan fingerprint density at radius 2 is 2.00 bits per heavy atom. The summed E-state index contributed by atoms with van der Waals surface area (Å²) in [6.07, 6.45) is 6.28. The monoisotopic (exact) mass is 280 g/mol. The Bertz CT molecular complexity index is 411. The van der Waals surface area contributed by atoms with E-state index < -0.39 is 11.8 Å². The average Bonchev–Trinajstić information content (AvgIpc) is 2.93. The fraction of sp³-hybridized carbons (Fsp3) is 0.571. The Balaban J connectivity index is 1.65. The Hall–Kier alpha value is -1.36. The van der Waals surface area contributed by atoms with Crippen LogP contribution in [0.4, 0.5) is 0 Å². The van der Waals surface area contributed by atoms with Crippen molar-refractivity contribution in [3.8, 4) is 0 Å². The summed E-state index contributed by atoms with van der Waals surface area (Å²) in [7, 11) is 0. The van der Waals surface area contributed by atoms with E-state index in [-0.39, 0.29) is 6.04 Å². The third-order valence-electron chi connectivity index (χ3n) is 3.43. The quantitative estimate of drug-likeness (QED) is 0.827. The normalized spacial score (nSPS) is 16.0. The lowest BCUT2D eigenvalue weighted by Gasteiger charge is -2.22. The summed E-state index contributed by atoms with van der Waals surface area (Å²) in [6, 6.07) is 2.21. The van der Waals surface area contributed by atoms with Crippen molar-refractivity contribution in [1.82, 2.24) is 10.6 Å². The molecule has 0 aliphatic heterocycles. The van der Waals surface area contributed by atoms with Gasteiger partial charge in [-0.15, -0.1) is 0 Å². The van der Waals surface area contributed by atoms with Crippen LogP contribution in [0.15, 0.2) is 16.8 Å². The van der Waals surface area contributed by atoms with E-state index >= 15 is 0 Å². The molecule has 0 atom stereocenters. The maximum Gasteiger partial charge on any atom is 0.309 e. The van der Waals surface area contributed by atoms with Crippen LogP contribution in [-0.4, -0.2) is 24.4 Å². The van der Waals surface area contributed by atoms with Gasteiger partial charge in [0.2, 0.25) is 0 Å². The minimum absolute atomic E-state index is 0.184. The van der Waals surface area contributed by atoms with Crippen LogP contribution in [0.1, 0.15) is 37.7 Å². The highest BCUT2D eigenvalue weighted by atomic mass is 32.1. The molecule has 0 saturated heterocycles. The summed E-state index contributed by atoms with van der Waals surface area (Å²) in [4.78, 5) is 23.3. The van der Waals surface area contributed by atoms with Gasteiger partial charge in [0.15, 0.2) is 0 Å². The van der Waals surface area contributed by atoms with E-state index in [1.54, 1.807) is 11.3 Å². The molecule has 0 bridgehead atoms. The zero-order valence-electron chi connectivity index (χ0n) is 11.0. The first kappa shape index (κ1) is 14.1. The molecular weight excluding hydrogens is 260 g/mol. The van der Waals surface area contributed by atoms with Crippen molar-refractivity contribution < 1.29 is 9.59 Å². The van der Waals surface area contributed by atoms with E-state index in [0.717, 1.165) is 32.1 Å². The molecule has 1 aromatic rings. The maximum atomic E-state index is 11.7. The van der Waals surface area contributed by atoms with Crippen molar-refractivity contribution in [3.05, 3.63) is 22.4 Å². The van der Waals surface area contributed by atoms with Gasteiger partial charge in [0, 0.05) is 12.6 Å². The summed E-state index contributed by atoms with van der Waals surface area (Å²) in [6.45, 7) is 0.508. The minimum atomic E-state index is -0.513. The molecule has 1 heterocycles. The summed E-state index contributed by atoms with van der Waals surface area (Å²) in [5, 5.41) is 9.53. The molecule has 19 heavy (non-hydrogen) atoms. The van der Waals surface area contributed by atoms with Crippen LogP contribution in [0, 0.1) is 0 Å². The second kappa shape index (κ2) is 7.28. The van der Waals surface area contributed by atoms with Gasteiger partial charge in [-0.3, -0.25) is 9.59 Å². The second-order valence-corrected chi connectivity index (χ2v) is 5.73. The number of nitrogens with one attached hydrogen (secondary N) is 2. The Labute approximate surface area is 117 Å². The van der Waals surface area contributed by atoms with Crippen LogP contribution in [-0.2, 0) is 16.0 Å². The van der Waals surface area contributed by atoms with Crippen molar-refractivity contribution in [3.63, 3.8) is 0 Å². The number of carbonyl (C=O) groups is 2. The van der Waals surface area contributed by atoms with Crippen molar-refractivity contribution in [2.75, 3.05) is 6.54 Å². The molecular formula is C14H20N2O2S. The number of amides is 2. The molecule has 0 spiro atoms. The summed E-state index contributed by atoms with van der Waals surface area (Å²) in [5.41, 5.74) is 1.19. The number of thiophene rings is 1. The topological polar surface area (TPSA) is 58.2 Å². The predicted octanol–water partition coefficient (Wildman–Crippen LogP) is 1.86. The number of rotatable bonds is 4. The van der Waals surface area contributed by atoms with Gasteiger partial charge in [0.25, 0.3) is 0 Å². The lowest BCUT2D eigenvalue weighted by molar-refractivity contribution is -0.139. The minimum Gasteiger partial charge on any atom is -0.348 e.